The van der Waals surface area contributed by atoms with Crippen molar-refractivity contribution in [2.24, 2.45) is 0 Å². The van der Waals surface area contributed by atoms with Gasteiger partial charge in [-0.05, 0) is 64.0 Å². The largest absolute Gasteiger partial charge is 0.214 e. The maximum Gasteiger partial charge on any atom is 0.214 e. The van der Waals surface area contributed by atoms with Crippen LogP contribution in [0.3, 0.4) is 0 Å². The van der Waals surface area contributed by atoms with Crippen molar-refractivity contribution in [2.45, 2.75) is 6.42 Å². The summed E-state index contributed by atoms with van der Waals surface area (Å²) in [7, 11) is 0. The summed E-state index contributed by atoms with van der Waals surface area (Å²) >= 11 is 7.61. The molecule has 0 aliphatic carbocycles. The molecule has 2 aromatic heterocycles. The molecule has 0 unspecified atom stereocenters. The molecule has 0 bridgehead atoms. The molecule has 0 saturated heterocycles. The number of fused-ring (bicyclic) bond motifs is 1. The minimum absolute atomic E-state index is 0.224. The summed E-state index contributed by atoms with van der Waals surface area (Å²) < 4.78 is 14.4. The number of H-pyrrole nitrogens is 1. The first-order chi connectivity index (χ1) is 14.2. The zero-order chi connectivity index (χ0) is 19.8. The van der Waals surface area contributed by atoms with E-state index in [9.17, 15) is 4.39 Å². The smallest absolute Gasteiger partial charge is 0.206 e. The van der Waals surface area contributed by atoms with Gasteiger partial charge < -0.3 is 0 Å². The second-order valence-electron chi connectivity index (χ2n) is 6.64. The standard InChI is InChI=1S/C22H14ClFN4S/c23-15-7-5-13(6-8-15)11-14-12-20(22-25-27-28-26-22)29-21(14)18-9-10-19(24)17-4-2-1-3-16(17)18/h1-10,12H,11H2,(H,25,26,27,28). The number of tetrazole rings is 1. The number of thiophene rings is 1. The molecule has 0 aliphatic heterocycles. The van der Waals surface area contributed by atoms with Gasteiger partial charge >= 0.3 is 0 Å². The average Bonchev–Trinajstić information content (AvgIpc) is 3.41. The monoisotopic (exact) mass is 420 g/mol. The molecule has 0 spiro atoms. The van der Waals surface area contributed by atoms with Crippen LogP contribution in [0.1, 0.15) is 11.1 Å². The molecule has 4 nitrogen and oxygen atoms in total. The Morgan fingerprint density at radius 1 is 0.966 bits per heavy atom. The van der Waals surface area contributed by atoms with Crippen molar-refractivity contribution in [3.8, 4) is 21.1 Å². The Kier molecular flexibility index (Phi) is 4.58. The van der Waals surface area contributed by atoms with E-state index in [1.54, 1.807) is 17.4 Å². The molecule has 0 amide bonds. The maximum absolute atomic E-state index is 14.4. The van der Waals surface area contributed by atoms with E-state index in [2.05, 4.69) is 26.7 Å². The fourth-order valence-corrected chi connectivity index (χ4v) is 4.72. The molecule has 1 N–H and O–H groups in total. The van der Waals surface area contributed by atoms with Gasteiger partial charge in [-0.15, -0.1) is 21.5 Å². The zero-order valence-corrected chi connectivity index (χ0v) is 16.6. The van der Waals surface area contributed by atoms with Crippen molar-refractivity contribution in [3.63, 3.8) is 0 Å². The minimum atomic E-state index is -0.224. The predicted octanol–water partition coefficient (Wildman–Crippen LogP) is 6.13. The second-order valence-corrected chi connectivity index (χ2v) is 8.13. The lowest BCUT2D eigenvalue weighted by Gasteiger charge is -2.09. The fourth-order valence-electron chi connectivity index (χ4n) is 3.45. The SMILES string of the molecule is Fc1ccc(-c2sc(-c3nn[nH]n3)cc2Cc2ccc(Cl)cc2)c2ccccc12. The molecule has 0 fully saturated rings. The highest BCUT2D eigenvalue weighted by Crippen LogP contribution is 2.41. The summed E-state index contributed by atoms with van der Waals surface area (Å²) in [5, 5.41) is 16.6. The molecule has 5 rings (SSSR count). The van der Waals surface area contributed by atoms with Gasteiger partial charge in [0, 0.05) is 15.3 Å². The van der Waals surface area contributed by atoms with Gasteiger partial charge in [0.2, 0.25) is 5.82 Å². The lowest BCUT2D eigenvalue weighted by atomic mass is 9.98. The highest BCUT2D eigenvalue weighted by atomic mass is 35.5. The van der Waals surface area contributed by atoms with E-state index in [0.717, 1.165) is 31.8 Å². The van der Waals surface area contributed by atoms with E-state index in [1.165, 1.54) is 6.07 Å². The minimum Gasteiger partial charge on any atom is -0.206 e. The Morgan fingerprint density at radius 2 is 1.76 bits per heavy atom. The van der Waals surface area contributed by atoms with Crippen LogP contribution in [0.2, 0.25) is 5.02 Å². The van der Waals surface area contributed by atoms with Crippen LogP contribution in [0.5, 0.6) is 0 Å². The number of nitrogens with one attached hydrogen (secondary N) is 1. The average molecular weight is 421 g/mol. The Hall–Kier alpha value is -3.09. The molecule has 0 radical (unpaired) electrons. The van der Waals surface area contributed by atoms with Gasteiger partial charge in [0.25, 0.3) is 0 Å². The van der Waals surface area contributed by atoms with Gasteiger partial charge in [-0.3, -0.25) is 0 Å². The van der Waals surface area contributed by atoms with Crippen LogP contribution < -0.4 is 0 Å². The molecule has 29 heavy (non-hydrogen) atoms. The van der Waals surface area contributed by atoms with Crippen molar-refractivity contribution in [3.05, 3.63) is 88.7 Å². The zero-order valence-electron chi connectivity index (χ0n) is 15.1. The molecule has 2 heterocycles. The number of aromatic nitrogens is 4. The van der Waals surface area contributed by atoms with Crippen LogP contribution in [0.25, 0.3) is 31.9 Å². The highest BCUT2D eigenvalue weighted by Gasteiger charge is 2.18. The molecule has 7 heteroatoms. The predicted molar refractivity (Wildman–Crippen MR) is 115 cm³/mol. The van der Waals surface area contributed by atoms with E-state index >= 15 is 0 Å². The summed E-state index contributed by atoms with van der Waals surface area (Å²) in [6.07, 6.45) is 0.715. The first-order valence-electron chi connectivity index (χ1n) is 8.97. The number of rotatable bonds is 4. The summed E-state index contributed by atoms with van der Waals surface area (Å²) in [4.78, 5) is 1.97. The summed E-state index contributed by atoms with van der Waals surface area (Å²) in [5.41, 5.74) is 3.25. The van der Waals surface area contributed by atoms with Crippen molar-refractivity contribution in [1.29, 1.82) is 0 Å². The third kappa shape index (κ3) is 3.41. The second kappa shape index (κ2) is 7.39. The Labute approximate surface area is 175 Å². The molecule has 0 saturated carbocycles. The molecule has 3 aromatic carbocycles. The third-order valence-corrected chi connectivity index (χ3v) is 6.26. The number of aromatic amines is 1. The van der Waals surface area contributed by atoms with E-state index in [4.69, 9.17) is 11.6 Å². The van der Waals surface area contributed by atoms with Crippen LogP contribution in [0, 0.1) is 5.82 Å². The molecule has 142 valence electrons. The fraction of sp³-hybridized carbons (Fsp3) is 0.0455. The van der Waals surface area contributed by atoms with Gasteiger partial charge in [-0.1, -0.05) is 48.0 Å². The van der Waals surface area contributed by atoms with Crippen molar-refractivity contribution >= 4 is 33.7 Å². The van der Waals surface area contributed by atoms with Gasteiger partial charge in [0.05, 0.1) is 4.88 Å². The van der Waals surface area contributed by atoms with Gasteiger partial charge in [-0.2, -0.15) is 5.21 Å². The first-order valence-corrected chi connectivity index (χ1v) is 10.2. The number of benzene rings is 3. The van der Waals surface area contributed by atoms with Crippen LogP contribution >= 0.6 is 22.9 Å². The van der Waals surface area contributed by atoms with E-state index in [0.29, 0.717) is 22.7 Å². The summed E-state index contributed by atoms with van der Waals surface area (Å²) in [5.74, 6) is 0.323. The van der Waals surface area contributed by atoms with Crippen molar-refractivity contribution in [2.75, 3.05) is 0 Å². The Bertz CT molecular complexity index is 1300. The molecular weight excluding hydrogens is 407 g/mol. The van der Waals surface area contributed by atoms with Crippen LogP contribution in [-0.4, -0.2) is 20.6 Å². The normalized spacial score (nSPS) is 11.2. The topological polar surface area (TPSA) is 54.5 Å². The highest BCUT2D eigenvalue weighted by molar-refractivity contribution is 7.19. The summed E-state index contributed by atoms with van der Waals surface area (Å²) in [6.45, 7) is 0. The Balaban J connectivity index is 1.69. The quantitative estimate of drug-likeness (QED) is 0.380. The number of hydrogen-bond donors (Lipinski definition) is 1. The summed E-state index contributed by atoms with van der Waals surface area (Å²) in [6, 6.07) is 20.8. The Morgan fingerprint density at radius 3 is 2.52 bits per heavy atom. The third-order valence-electron chi connectivity index (χ3n) is 4.80. The molecule has 5 aromatic rings. The van der Waals surface area contributed by atoms with E-state index in [1.807, 2.05) is 48.5 Å². The number of hydrogen-bond acceptors (Lipinski definition) is 4. The number of halogens is 2. The van der Waals surface area contributed by atoms with E-state index < -0.39 is 0 Å². The van der Waals surface area contributed by atoms with Crippen LogP contribution in [-0.2, 0) is 6.42 Å². The first kappa shape index (κ1) is 18.0. The maximum atomic E-state index is 14.4. The molecular formula is C22H14ClFN4S. The van der Waals surface area contributed by atoms with Gasteiger partial charge in [0.1, 0.15) is 5.82 Å². The van der Waals surface area contributed by atoms with Crippen molar-refractivity contribution < 1.29 is 4.39 Å². The molecule has 0 aliphatic rings. The molecule has 0 atom stereocenters. The van der Waals surface area contributed by atoms with E-state index in [-0.39, 0.29) is 5.82 Å². The van der Waals surface area contributed by atoms with Gasteiger partial charge in [0.15, 0.2) is 0 Å². The lowest BCUT2D eigenvalue weighted by molar-refractivity contribution is 0.640. The lowest BCUT2D eigenvalue weighted by Crippen LogP contribution is -1.90. The van der Waals surface area contributed by atoms with Gasteiger partial charge in [-0.25, -0.2) is 4.39 Å². The van der Waals surface area contributed by atoms with Crippen LogP contribution in [0.4, 0.5) is 4.39 Å². The van der Waals surface area contributed by atoms with Crippen molar-refractivity contribution in [1.82, 2.24) is 20.6 Å². The number of nitrogens with zero attached hydrogens (tertiary/aromatic N) is 3. The van der Waals surface area contributed by atoms with Crippen LogP contribution in [0.15, 0.2) is 66.7 Å².